The molecule has 7 heteroatoms. The first-order valence-corrected chi connectivity index (χ1v) is 10.5. The molecule has 0 aromatic heterocycles. The van der Waals surface area contributed by atoms with E-state index in [0.717, 1.165) is 18.7 Å². The fourth-order valence-electron chi connectivity index (χ4n) is 3.12. The summed E-state index contributed by atoms with van der Waals surface area (Å²) in [5.74, 6) is -0.217. The average molecular weight is 388 g/mol. The van der Waals surface area contributed by atoms with E-state index in [9.17, 15) is 13.2 Å². The number of nitrogens with one attached hydrogen (secondary N) is 1. The summed E-state index contributed by atoms with van der Waals surface area (Å²) in [5.41, 5.74) is 1.48. The molecule has 0 aliphatic carbocycles. The highest BCUT2D eigenvalue weighted by atomic mass is 32.2. The number of amides is 1. The third-order valence-electron chi connectivity index (χ3n) is 4.77. The van der Waals surface area contributed by atoms with Crippen molar-refractivity contribution >= 4 is 15.9 Å². The van der Waals surface area contributed by atoms with Gasteiger partial charge in [0.25, 0.3) is 0 Å². The molecule has 0 unspecified atom stereocenters. The summed E-state index contributed by atoms with van der Waals surface area (Å²) in [5, 5.41) is 0. The highest BCUT2D eigenvalue weighted by Crippen LogP contribution is 2.21. The number of likely N-dealkylation sites (N-methyl/N-ethyl adjacent to an activating group) is 1. The second kappa shape index (κ2) is 8.21. The molecule has 1 saturated heterocycles. The van der Waals surface area contributed by atoms with Crippen molar-refractivity contribution in [1.29, 1.82) is 0 Å². The minimum atomic E-state index is -3.83. The molecule has 1 atom stereocenters. The smallest absolute Gasteiger partial charge is 0.245 e. The Morgan fingerprint density at radius 3 is 2.30 bits per heavy atom. The molecular formula is C20H25N3O3S. The summed E-state index contributed by atoms with van der Waals surface area (Å²) in [6.45, 7) is 4.56. The van der Waals surface area contributed by atoms with E-state index in [1.807, 2.05) is 26.1 Å². The summed E-state index contributed by atoms with van der Waals surface area (Å²) < 4.78 is 28.5. The molecule has 1 amide bonds. The van der Waals surface area contributed by atoms with Crippen LogP contribution in [0.15, 0.2) is 59.5 Å². The van der Waals surface area contributed by atoms with E-state index in [1.54, 1.807) is 41.3 Å². The molecule has 0 saturated carbocycles. The minimum absolute atomic E-state index is 0.162. The second-order valence-electron chi connectivity index (χ2n) is 6.91. The number of nitrogens with zero attached hydrogens (tertiary/aromatic N) is 2. The fraction of sp³-hybridized carbons (Fsp3) is 0.350. The van der Waals surface area contributed by atoms with E-state index in [2.05, 4.69) is 9.62 Å². The van der Waals surface area contributed by atoms with Gasteiger partial charge in [-0.1, -0.05) is 42.5 Å². The van der Waals surface area contributed by atoms with Crippen LogP contribution in [0.4, 0.5) is 0 Å². The van der Waals surface area contributed by atoms with Crippen LogP contribution in [0.3, 0.4) is 0 Å². The number of aryl methyl sites for hydroxylation is 1. The Morgan fingerprint density at radius 2 is 1.67 bits per heavy atom. The molecule has 6 nitrogen and oxygen atoms in total. The van der Waals surface area contributed by atoms with Gasteiger partial charge in [-0.3, -0.25) is 4.79 Å². The van der Waals surface area contributed by atoms with Gasteiger partial charge in [-0.25, -0.2) is 8.42 Å². The van der Waals surface area contributed by atoms with Crippen molar-refractivity contribution < 1.29 is 13.2 Å². The molecule has 2 aromatic rings. The van der Waals surface area contributed by atoms with Crippen molar-refractivity contribution in [3.63, 3.8) is 0 Å². The number of sulfonamides is 1. The van der Waals surface area contributed by atoms with E-state index in [4.69, 9.17) is 0 Å². The van der Waals surface area contributed by atoms with Gasteiger partial charge in [0.2, 0.25) is 15.9 Å². The monoisotopic (exact) mass is 387 g/mol. The Balaban J connectivity index is 1.90. The normalized spacial score (nSPS) is 16.9. The highest BCUT2D eigenvalue weighted by molar-refractivity contribution is 7.89. The summed E-state index contributed by atoms with van der Waals surface area (Å²) in [7, 11) is -1.82. The molecule has 2 aromatic carbocycles. The quantitative estimate of drug-likeness (QED) is 0.849. The van der Waals surface area contributed by atoms with Gasteiger partial charge in [0.15, 0.2) is 0 Å². The van der Waals surface area contributed by atoms with Crippen LogP contribution in [0.2, 0.25) is 0 Å². The maximum Gasteiger partial charge on any atom is 0.245 e. The first-order valence-electron chi connectivity index (χ1n) is 8.98. The van der Waals surface area contributed by atoms with Crippen LogP contribution in [0.5, 0.6) is 0 Å². The standard InChI is InChI=1S/C20H25N3O3S/c1-16-7-6-10-18(15-16)27(25,26)21-19(17-8-4-3-5-9-17)20(24)23-13-11-22(2)12-14-23/h3-10,15,19,21H,11-14H2,1-2H3/t19-/m0/s1. The third-order valence-corrected chi connectivity index (χ3v) is 6.19. The molecule has 1 aliphatic heterocycles. The summed E-state index contributed by atoms with van der Waals surface area (Å²) in [6.07, 6.45) is 0. The lowest BCUT2D eigenvalue weighted by Gasteiger charge is -2.34. The molecule has 1 aliphatic rings. The van der Waals surface area contributed by atoms with Gasteiger partial charge in [-0.05, 0) is 37.2 Å². The van der Waals surface area contributed by atoms with Crippen molar-refractivity contribution in [3.8, 4) is 0 Å². The zero-order chi connectivity index (χ0) is 19.4. The Morgan fingerprint density at radius 1 is 1.00 bits per heavy atom. The largest absolute Gasteiger partial charge is 0.338 e. The lowest BCUT2D eigenvalue weighted by atomic mass is 10.1. The van der Waals surface area contributed by atoms with Crippen LogP contribution in [0, 0.1) is 6.92 Å². The van der Waals surface area contributed by atoms with Crippen LogP contribution in [-0.4, -0.2) is 57.4 Å². The van der Waals surface area contributed by atoms with Crippen molar-refractivity contribution in [1.82, 2.24) is 14.5 Å². The highest BCUT2D eigenvalue weighted by Gasteiger charge is 2.31. The molecule has 1 N–H and O–H groups in total. The Hall–Kier alpha value is -2.22. The molecule has 0 spiro atoms. The van der Waals surface area contributed by atoms with Gasteiger partial charge in [0.05, 0.1) is 4.90 Å². The van der Waals surface area contributed by atoms with Crippen LogP contribution < -0.4 is 4.72 Å². The van der Waals surface area contributed by atoms with Crippen LogP contribution in [0.1, 0.15) is 17.2 Å². The predicted molar refractivity (Wildman–Crippen MR) is 105 cm³/mol. The van der Waals surface area contributed by atoms with Gasteiger partial charge in [0.1, 0.15) is 6.04 Å². The number of carbonyl (C=O) groups excluding carboxylic acids is 1. The topological polar surface area (TPSA) is 69.7 Å². The number of hydrogen-bond acceptors (Lipinski definition) is 4. The van der Waals surface area contributed by atoms with E-state index >= 15 is 0 Å². The molecule has 27 heavy (non-hydrogen) atoms. The first-order chi connectivity index (χ1) is 12.9. The van der Waals surface area contributed by atoms with E-state index in [0.29, 0.717) is 18.7 Å². The van der Waals surface area contributed by atoms with Gasteiger partial charge in [-0.15, -0.1) is 0 Å². The number of piperazine rings is 1. The Kier molecular flexibility index (Phi) is 5.94. The number of benzene rings is 2. The van der Waals surface area contributed by atoms with Crippen LogP contribution in [-0.2, 0) is 14.8 Å². The van der Waals surface area contributed by atoms with E-state index in [1.165, 1.54) is 6.07 Å². The average Bonchev–Trinajstić information content (AvgIpc) is 2.67. The maximum absolute atomic E-state index is 13.2. The maximum atomic E-state index is 13.2. The molecule has 1 fully saturated rings. The molecule has 144 valence electrons. The zero-order valence-electron chi connectivity index (χ0n) is 15.6. The van der Waals surface area contributed by atoms with Crippen molar-refractivity contribution in [2.75, 3.05) is 33.2 Å². The minimum Gasteiger partial charge on any atom is -0.338 e. The molecule has 0 bridgehead atoms. The zero-order valence-corrected chi connectivity index (χ0v) is 16.4. The van der Waals surface area contributed by atoms with Crippen LogP contribution in [0.25, 0.3) is 0 Å². The Labute approximate surface area is 160 Å². The number of rotatable bonds is 5. The van der Waals surface area contributed by atoms with Crippen molar-refractivity contribution in [2.45, 2.75) is 17.9 Å². The second-order valence-corrected chi connectivity index (χ2v) is 8.62. The molecule has 0 radical (unpaired) electrons. The van der Waals surface area contributed by atoms with Gasteiger partial charge in [-0.2, -0.15) is 4.72 Å². The summed E-state index contributed by atoms with van der Waals surface area (Å²) >= 11 is 0. The Bertz CT molecular complexity index is 892. The van der Waals surface area contributed by atoms with E-state index in [-0.39, 0.29) is 10.8 Å². The van der Waals surface area contributed by atoms with Gasteiger partial charge in [0, 0.05) is 26.2 Å². The van der Waals surface area contributed by atoms with Crippen molar-refractivity contribution in [3.05, 3.63) is 65.7 Å². The van der Waals surface area contributed by atoms with Gasteiger partial charge >= 0.3 is 0 Å². The lowest BCUT2D eigenvalue weighted by Crippen LogP contribution is -2.51. The molecule has 3 rings (SSSR count). The molecular weight excluding hydrogens is 362 g/mol. The molecule has 1 heterocycles. The summed E-state index contributed by atoms with van der Waals surface area (Å²) in [6, 6.07) is 14.7. The van der Waals surface area contributed by atoms with E-state index < -0.39 is 16.1 Å². The SMILES string of the molecule is Cc1cccc(S(=O)(=O)N[C@H](C(=O)N2CCN(C)CC2)c2ccccc2)c1. The summed E-state index contributed by atoms with van der Waals surface area (Å²) in [4.78, 5) is 17.2. The number of hydrogen-bond donors (Lipinski definition) is 1. The van der Waals surface area contributed by atoms with Crippen LogP contribution >= 0.6 is 0 Å². The van der Waals surface area contributed by atoms with Crippen molar-refractivity contribution in [2.24, 2.45) is 0 Å². The predicted octanol–water partition coefficient (Wildman–Crippen LogP) is 1.79. The fourth-order valence-corrected chi connectivity index (χ4v) is 4.40. The third kappa shape index (κ3) is 4.74. The first kappa shape index (κ1) is 19.5. The lowest BCUT2D eigenvalue weighted by molar-refractivity contribution is -0.134. The van der Waals surface area contributed by atoms with Gasteiger partial charge < -0.3 is 9.80 Å². The number of carbonyl (C=O) groups is 1.